The van der Waals surface area contributed by atoms with Crippen LogP contribution in [0, 0.1) is 11.6 Å². The van der Waals surface area contributed by atoms with Gasteiger partial charge in [-0.1, -0.05) is 12.1 Å². The van der Waals surface area contributed by atoms with E-state index in [2.05, 4.69) is 15.6 Å². The molecular formula is C36H32F5N5O5. The molecule has 7 rings (SSSR count). The number of anilines is 1. The lowest BCUT2D eigenvalue weighted by Gasteiger charge is -2.22. The summed E-state index contributed by atoms with van der Waals surface area (Å²) in [7, 11) is 3.05. The molecule has 0 bridgehead atoms. The third-order valence-electron chi connectivity index (χ3n) is 9.07. The predicted octanol–water partition coefficient (Wildman–Crippen LogP) is 5.98. The molecule has 1 fully saturated rings. The van der Waals surface area contributed by atoms with E-state index in [1.165, 1.54) is 46.5 Å². The van der Waals surface area contributed by atoms with Gasteiger partial charge < -0.3 is 33.8 Å². The van der Waals surface area contributed by atoms with Crippen LogP contribution in [0.3, 0.4) is 0 Å². The van der Waals surface area contributed by atoms with E-state index in [1.807, 2.05) is 0 Å². The number of carbonyl (C=O) groups is 2. The number of imidazole rings is 1. The highest BCUT2D eigenvalue weighted by Gasteiger charge is 2.39. The monoisotopic (exact) mass is 709 g/mol. The van der Waals surface area contributed by atoms with Crippen LogP contribution in [0.2, 0.25) is 0 Å². The maximum Gasteiger partial charge on any atom is 0.417 e. The quantitative estimate of drug-likeness (QED) is 0.110. The Balaban J connectivity index is 1.25. The average Bonchev–Trinajstić information content (AvgIpc) is 3.81. The van der Waals surface area contributed by atoms with E-state index in [0.717, 1.165) is 30.7 Å². The minimum Gasteiger partial charge on any atom is -0.490 e. The normalized spacial score (nSPS) is 16.0. The van der Waals surface area contributed by atoms with Gasteiger partial charge in [-0.3, -0.25) is 9.59 Å². The SMILES string of the molecule is COCc1nc2c3c(c(C(F)(F)F)cc2n1C)-c1cccn2c(C(=O)c4cc(F)c(NC(=O)/C=C/CN[C@H]5CCOC5)c(F)c4)cc(c12)CCO3. The summed E-state index contributed by atoms with van der Waals surface area (Å²) < 4.78 is 94.3. The molecule has 3 aromatic heterocycles. The van der Waals surface area contributed by atoms with Crippen molar-refractivity contribution in [2.75, 3.05) is 38.8 Å². The molecule has 1 saturated heterocycles. The number of ketones is 1. The van der Waals surface area contributed by atoms with E-state index in [-0.39, 0.29) is 64.8 Å². The number of rotatable bonds is 9. The number of aromatic nitrogens is 3. The predicted molar refractivity (Wildman–Crippen MR) is 177 cm³/mol. The lowest BCUT2D eigenvalue weighted by atomic mass is 9.94. The molecule has 0 spiro atoms. The van der Waals surface area contributed by atoms with E-state index < -0.39 is 40.8 Å². The smallest absolute Gasteiger partial charge is 0.417 e. The van der Waals surface area contributed by atoms with Crippen LogP contribution in [-0.4, -0.2) is 65.2 Å². The van der Waals surface area contributed by atoms with Crippen LogP contribution in [0.15, 0.2) is 54.7 Å². The van der Waals surface area contributed by atoms with Gasteiger partial charge in [0.1, 0.15) is 35.3 Å². The van der Waals surface area contributed by atoms with Crippen molar-refractivity contribution < 1.29 is 45.8 Å². The number of amides is 1. The topological polar surface area (TPSA) is 108 Å². The zero-order chi connectivity index (χ0) is 36.0. The first-order chi connectivity index (χ1) is 24.5. The first-order valence-electron chi connectivity index (χ1n) is 16.1. The summed E-state index contributed by atoms with van der Waals surface area (Å²) in [4.78, 5) is 30.8. The largest absolute Gasteiger partial charge is 0.490 e. The standard InChI is InChI=1S/C36H32F5N5O5/c1-45-26-16-23(36(39,40)41)30-22-5-4-10-46-27(15-19(33(22)46)7-12-51-35(30)32(26)43-28(45)18-49-2)34(48)20-13-24(37)31(25(38)14-20)44-29(47)6-3-9-42-21-8-11-50-17-21/h3-6,10,13-16,21,42H,7-9,11-12,17-18H2,1-2H3,(H,44,47)/b6-3+/t21-/m0/s1. The summed E-state index contributed by atoms with van der Waals surface area (Å²) in [5, 5.41) is 5.35. The second-order valence-electron chi connectivity index (χ2n) is 12.3. The Morgan fingerprint density at radius 3 is 2.63 bits per heavy atom. The fourth-order valence-corrected chi connectivity index (χ4v) is 6.63. The Labute approximate surface area is 287 Å². The number of benzene rings is 2. The lowest BCUT2D eigenvalue weighted by molar-refractivity contribution is -0.137. The van der Waals surface area contributed by atoms with Gasteiger partial charge in [-0.25, -0.2) is 13.8 Å². The van der Waals surface area contributed by atoms with Gasteiger partial charge in [0.25, 0.3) is 0 Å². The van der Waals surface area contributed by atoms with Gasteiger partial charge >= 0.3 is 6.18 Å². The first kappa shape index (κ1) is 34.3. The zero-order valence-electron chi connectivity index (χ0n) is 27.5. The summed E-state index contributed by atoms with van der Waals surface area (Å²) in [6.45, 7) is 1.59. The highest BCUT2D eigenvalue weighted by atomic mass is 19.4. The highest BCUT2D eigenvalue weighted by Crippen LogP contribution is 2.48. The summed E-state index contributed by atoms with van der Waals surface area (Å²) in [6.07, 6.45) is 0.408. The number of nitrogens with zero attached hydrogens (tertiary/aromatic N) is 3. The van der Waals surface area contributed by atoms with Crippen LogP contribution in [0.5, 0.6) is 5.75 Å². The van der Waals surface area contributed by atoms with Gasteiger partial charge in [-0.15, -0.1) is 0 Å². The molecule has 2 aliphatic heterocycles. The molecular weight excluding hydrogens is 677 g/mol. The zero-order valence-corrected chi connectivity index (χ0v) is 27.5. The molecule has 1 atom stereocenters. The molecule has 51 heavy (non-hydrogen) atoms. The van der Waals surface area contributed by atoms with Crippen LogP contribution in [0.1, 0.15) is 39.4 Å². The van der Waals surface area contributed by atoms with Crippen LogP contribution in [-0.2, 0) is 40.5 Å². The number of alkyl halides is 3. The fraction of sp³-hybridized carbons (Fsp3) is 0.306. The molecule has 0 unspecified atom stereocenters. The first-order valence-corrected chi connectivity index (χ1v) is 16.1. The molecule has 15 heteroatoms. The number of hydrogen-bond donors (Lipinski definition) is 2. The molecule has 2 aliphatic rings. The molecule has 0 radical (unpaired) electrons. The van der Waals surface area contributed by atoms with E-state index in [1.54, 1.807) is 7.05 Å². The van der Waals surface area contributed by atoms with Crippen molar-refractivity contribution in [1.82, 2.24) is 19.3 Å². The third-order valence-corrected chi connectivity index (χ3v) is 9.07. The Kier molecular flexibility index (Phi) is 9.12. The van der Waals surface area contributed by atoms with E-state index in [0.29, 0.717) is 36.7 Å². The Bertz CT molecular complexity index is 2190. The second kappa shape index (κ2) is 13.5. The molecule has 2 N–H and O–H groups in total. The Hall–Kier alpha value is -5.12. The molecule has 0 aliphatic carbocycles. The number of ether oxygens (including phenoxy) is 3. The summed E-state index contributed by atoms with van der Waals surface area (Å²) in [5.41, 5.74) is -0.919. The lowest BCUT2D eigenvalue weighted by Crippen LogP contribution is -2.29. The van der Waals surface area contributed by atoms with Gasteiger partial charge in [0, 0.05) is 68.7 Å². The van der Waals surface area contributed by atoms with Crippen molar-refractivity contribution in [3.8, 4) is 16.9 Å². The molecule has 5 aromatic rings. The number of nitrogens with one attached hydrogen (secondary N) is 2. The Morgan fingerprint density at radius 1 is 1.14 bits per heavy atom. The van der Waals surface area contributed by atoms with Crippen LogP contribution in [0.4, 0.5) is 27.6 Å². The number of carbonyl (C=O) groups excluding carboxylic acids is 2. The fourth-order valence-electron chi connectivity index (χ4n) is 6.63. The van der Waals surface area contributed by atoms with Crippen molar-refractivity contribution in [2.45, 2.75) is 31.7 Å². The summed E-state index contributed by atoms with van der Waals surface area (Å²) in [5.74, 6) is -3.56. The maximum atomic E-state index is 15.2. The van der Waals surface area contributed by atoms with E-state index >= 15 is 8.78 Å². The van der Waals surface area contributed by atoms with Crippen molar-refractivity contribution in [3.05, 3.63) is 94.6 Å². The number of methoxy groups -OCH3 is 1. The maximum absolute atomic E-state index is 15.2. The molecule has 2 aromatic carbocycles. The van der Waals surface area contributed by atoms with E-state index in [9.17, 15) is 22.8 Å². The van der Waals surface area contributed by atoms with Crippen LogP contribution in [0.25, 0.3) is 27.7 Å². The molecule has 0 saturated carbocycles. The average molecular weight is 710 g/mol. The van der Waals surface area contributed by atoms with E-state index in [4.69, 9.17) is 14.2 Å². The van der Waals surface area contributed by atoms with Crippen molar-refractivity contribution in [1.29, 1.82) is 0 Å². The number of aryl methyl sites for hydroxylation is 1. The van der Waals surface area contributed by atoms with Crippen molar-refractivity contribution in [2.24, 2.45) is 7.05 Å². The molecule has 5 heterocycles. The minimum atomic E-state index is -4.80. The van der Waals surface area contributed by atoms with Crippen LogP contribution >= 0.6 is 0 Å². The number of pyridine rings is 1. The van der Waals surface area contributed by atoms with Gasteiger partial charge in [0.15, 0.2) is 5.75 Å². The van der Waals surface area contributed by atoms with Gasteiger partial charge in [0.05, 0.1) is 35.5 Å². The number of halogens is 5. The number of fused-ring (bicyclic) bond motifs is 4. The van der Waals surface area contributed by atoms with Gasteiger partial charge in [-0.2, -0.15) is 13.2 Å². The molecule has 1 amide bonds. The van der Waals surface area contributed by atoms with Gasteiger partial charge in [-0.05, 0) is 42.3 Å². The van der Waals surface area contributed by atoms with Crippen LogP contribution < -0.4 is 15.4 Å². The molecule has 266 valence electrons. The van der Waals surface area contributed by atoms with Crippen molar-refractivity contribution in [3.63, 3.8) is 0 Å². The van der Waals surface area contributed by atoms with Crippen molar-refractivity contribution >= 4 is 33.9 Å². The minimum absolute atomic E-state index is 0.0289. The summed E-state index contributed by atoms with van der Waals surface area (Å²) >= 11 is 0. The Morgan fingerprint density at radius 2 is 1.92 bits per heavy atom. The highest BCUT2D eigenvalue weighted by molar-refractivity contribution is 6.10. The number of hydrogen-bond acceptors (Lipinski definition) is 7. The second-order valence-corrected chi connectivity index (χ2v) is 12.3. The third kappa shape index (κ3) is 6.36. The summed E-state index contributed by atoms with van der Waals surface area (Å²) in [6, 6.07) is 7.28. The molecule has 10 nitrogen and oxygen atoms in total. The van der Waals surface area contributed by atoms with Gasteiger partial charge in [0.2, 0.25) is 11.7 Å².